The van der Waals surface area contributed by atoms with Gasteiger partial charge in [-0.3, -0.25) is 9.59 Å². The first-order chi connectivity index (χ1) is 70.1. The Labute approximate surface area is 820 Å². The summed E-state index contributed by atoms with van der Waals surface area (Å²) in [5.74, 6) is 18.9. The van der Waals surface area contributed by atoms with Gasteiger partial charge in [-0.05, 0) is 225 Å². The number of carbonyl (C=O) groups is 3. The zero-order valence-electron chi connectivity index (χ0n) is 78.6. The molecule has 0 bridgehead atoms. The van der Waals surface area contributed by atoms with Gasteiger partial charge in [0.2, 0.25) is 0 Å². The fourth-order valence-electron chi connectivity index (χ4n) is 18.9. The largest absolute Gasteiger partial charge is 0.378 e. The minimum absolute atomic E-state index is 0.217. The number of hydrogen-bond donors (Lipinski definition) is 16. The van der Waals surface area contributed by atoms with E-state index in [-0.39, 0.29) is 11.1 Å². The van der Waals surface area contributed by atoms with E-state index < -0.39 is 29.0 Å². The predicted octanol–water partition coefficient (Wildman–Crippen LogP) is 22.5. The molecule has 0 radical (unpaired) electrons. The van der Waals surface area contributed by atoms with Crippen molar-refractivity contribution in [1.29, 1.82) is 0 Å². The quantitative estimate of drug-likeness (QED) is 0.0376. The molecule has 32 nitrogen and oxygen atoms in total. The average Bonchev–Trinajstić information content (AvgIpc) is 1.59. The van der Waals surface area contributed by atoms with E-state index in [1.165, 1.54) is 4.90 Å². The van der Waals surface area contributed by atoms with Gasteiger partial charge in [-0.2, -0.15) is 0 Å². The monoisotopic (exact) mass is 1900 g/mol. The maximum atomic E-state index is 14.3. The van der Waals surface area contributed by atoms with Crippen LogP contribution in [0, 0.1) is 51.4 Å². The van der Waals surface area contributed by atoms with E-state index >= 15 is 0 Å². The molecule has 32 heteroatoms. The number of anilines is 3. The van der Waals surface area contributed by atoms with Crippen LogP contribution in [0.15, 0.2) is 249 Å². The lowest BCUT2D eigenvalue weighted by Crippen LogP contribution is -2.29. The van der Waals surface area contributed by atoms with Gasteiger partial charge >= 0.3 is 6.03 Å². The van der Waals surface area contributed by atoms with Gasteiger partial charge in [-0.15, -0.1) is 0 Å². The number of urea groups is 1. The van der Waals surface area contributed by atoms with E-state index in [1.54, 1.807) is 76.2 Å². The Morgan fingerprint density at radius 1 is 0.269 bits per heavy atom. The molecule has 0 saturated carbocycles. The number of rotatable bonds is 13. The van der Waals surface area contributed by atoms with Crippen molar-refractivity contribution in [3.8, 4) is 138 Å². The van der Waals surface area contributed by atoms with E-state index in [0.29, 0.717) is 96.4 Å². The molecule has 27 rings (SSSR count). The van der Waals surface area contributed by atoms with Crippen LogP contribution in [0.1, 0.15) is 82.3 Å². The molecule has 0 fully saturated rings. The lowest BCUT2D eigenvalue weighted by atomic mass is 10.0. The Bertz CT molecular complexity index is 9850. The SMILES string of the molecule is Cc1cccc(-c2nc3cc4[nH]c(-c5cc(-c6nc7cc8[nH]c(-c9cccc(-c%10nc%11cc%12[nH]c(C)nc%12cc%11[nH]%10)c9)nc8cc7[nH]6)cc(N6C(=O)c7ccc(C#CC(C)(C)O)cc7C6=O)c5)nc4cc3[nH]2)c1.Cc1cccc(-c2nc3cc4[nH]c(-c5cc(NC(=O)Nc6cccc(C#CC(C)(C)O)c6)cc(-c6nc7cc8[nH]c(-c9cccc(-c%10nc%11cc%12[nH]c(C)nc%12cc%11[nH]%10)c9)nc8cc7[nH]6)c5)nc4cc3[nH]2)c1. The standard InChI is InChI=1S/C57H39N13O3.C56H42N14O2/c1-27-7-5-8-30(15-27)50-60-42-23-46-47(24-43(42)61-50)67-53(66-46)33-18-34(20-35(19-33)70-55(71)36-12-11-29(13-14-57(3,4)73)16-37(36)56(70)72)54-68-48-25-44-45(26-49(48)69-54)65-52(64-44)32-10-6-9-31(17-32)51-62-40-21-38-39(22-41(40)63-51)59-28(2)58-38;1-28-8-5-10-31(16-28)50-61-42-24-46-47(25-43(42)62-50)68-53(67-46)34-19-35(21-37(20-34)60-55(71)59-36-13-6-9-30(17-36)14-15-56(3,4)72)54-69-48-26-44-45(27-49(48)70-54)66-52(65-44)33-12-7-11-32(18-33)51-63-40-22-38-39(23-41(40)64-51)58-29(2)57-38/h5-12,15-26,73H,1-4H3,(H,58,59)(H,60,61)(H,62,63)(H,64,65)(H,66,67)(H,68,69);5-13,16-27,72H,1-4H3,(H,57,58)(H,61,62)(H,63,64)(H,65,66)(H,67,68)(H,69,70)(H2,59,60,71). The lowest BCUT2D eigenvalue weighted by Gasteiger charge is -2.16. The number of nitrogens with zero attached hydrogens (tertiary/aromatic N) is 13. The van der Waals surface area contributed by atoms with Crippen molar-refractivity contribution in [3.63, 3.8) is 0 Å². The highest BCUT2D eigenvalue weighted by Gasteiger charge is 2.38. The van der Waals surface area contributed by atoms with E-state index in [4.69, 9.17) is 49.8 Å². The molecule has 0 saturated heterocycles. The maximum Gasteiger partial charge on any atom is 0.323 e. The topological polar surface area (TPSA) is 463 Å². The summed E-state index contributed by atoms with van der Waals surface area (Å²) in [6.45, 7) is 14.4. The highest BCUT2D eigenvalue weighted by atomic mass is 16.3. The average molecular weight is 1900 g/mol. The number of fused-ring (bicyclic) bond motifs is 13. The van der Waals surface area contributed by atoms with Crippen LogP contribution in [-0.4, -0.2) is 159 Å². The molecule has 0 unspecified atom stereocenters. The van der Waals surface area contributed by atoms with E-state index in [1.807, 2.05) is 178 Å². The van der Waals surface area contributed by atoms with Crippen molar-refractivity contribution >= 4 is 167 Å². The van der Waals surface area contributed by atoms with Gasteiger partial charge in [0.25, 0.3) is 11.8 Å². The summed E-state index contributed by atoms with van der Waals surface area (Å²) in [5, 5.41) is 26.3. The van der Waals surface area contributed by atoms with Crippen LogP contribution < -0.4 is 15.5 Å². The third-order valence-electron chi connectivity index (χ3n) is 25.6. The van der Waals surface area contributed by atoms with Crippen LogP contribution in [0.2, 0.25) is 0 Å². The smallest absolute Gasteiger partial charge is 0.323 e. The molecule has 0 spiro atoms. The third-order valence-corrected chi connectivity index (χ3v) is 25.6. The molecule has 1 aliphatic heterocycles. The first-order valence-electron chi connectivity index (χ1n) is 46.8. The molecule has 16 N–H and O–H groups in total. The molecule has 13 heterocycles. The Hall–Kier alpha value is -19.8. The Balaban J connectivity index is 0.000000148. The molecule has 26 aromatic rings. The molecule has 145 heavy (non-hydrogen) atoms. The summed E-state index contributed by atoms with van der Waals surface area (Å²) in [6.07, 6.45) is 0. The lowest BCUT2D eigenvalue weighted by molar-refractivity contribution is 0.0925. The summed E-state index contributed by atoms with van der Waals surface area (Å²) < 4.78 is 0. The molecular weight excluding hydrogens is 1820 g/mol. The molecule has 698 valence electrons. The van der Waals surface area contributed by atoms with Gasteiger partial charge in [0, 0.05) is 78.1 Å². The number of aromatic nitrogens is 24. The minimum Gasteiger partial charge on any atom is -0.378 e. The number of benzene rings is 14. The van der Waals surface area contributed by atoms with Gasteiger partial charge in [0.1, 0.15) is 81.1 Å². The van der Waals surface area contributed by atoms with Crippen LogP contribution in [0.25, 0.3) is 246 Å². The first-order valence-corrected chi connectivity index (χ1v) is 46.8. The fraction of sp³-hybridized carbons (Fsp3) is 0.0885. The Kier molecular flexibility index (Phi) is 19.3. The number of imide groups is 1. The van der Waals surface area contributed by atoms with Crippen molar-refractivity contribution in [1.82, 2.24) is 120 Å². The minimum atomic E-state index is -1.24. The number of amides is 4. The Morgan fingerprint density at radius 2 is 0.531 bits per heavy atom. The molecule has 4 amide bonds. The summed E-state index contributed by atoms with van der Waals surface area (Å²) in [7, 11) is 0. The van der Waals surface area contributed by atoms with Crippen molar-refractivity contribution in [2.45, 2.75) is 66.6 Å². The van der Waals surface area contributed by atoms with Crippen molar-refractivity contribution in [2.75, 3.05) is 15.5 Å². The fourth-order valence-corrected chi connectivity index (χ4v) is 18.9. The summed E-state index contributed by atoms with van der Waals surface area (Å²) in [6, 6.07) is 79.1. The van der Waals surface area contributed by atoms with E-state index in [2.05, 4.69) is 154 Å². The first kappa shape index (κ1) is 85.6. The highest BCUT2D eigenvalue weighted by Crippen LogP contribution is 2.42. The highest BCUT2D eigenvalue weighted by molar-refractivity contribution is 6.35. The normalized spacial score (nSPS) is 12.4. The van der Waals surface area contributed by atoms with Crippen LogP contribution in [-0.2, 0) is 0 Å². The summed E-state index contributed by atoms with van der Waals surface area (Å²) in [5.41, 5.74) is 30.7. The van der Waals surface area contributed by atoms with Gasteiger partial charge in [0.15, 0.2) is 0 Å². The number of imidazole rings is 12. The number of hydrogen-bond acceptors (Lipinski definition) is 17. The number of nitrogens with one attached hydrogen (secondary N) is 14. The van der Waals surface area contributed by atoms with Crippen molar-refractivity contribution < 1.29 is 24.6 Å². The molecule has 0 atom stereocenters. The van der Waals surface area contributed by atoms with E-state index in [9.17, 15) is 24.6 Å². The maximum absolute atomic E-state index is 14.3. The number of aryl methyl sites for hydroxylation is 4. The Morgan fingerprint density at radius 3 is 0.855 bits per heavy atom. The molecular formula is C113H81N27O5. The number of H-pyrrole nitrogens is 12. The number of carbonyl (C=O) groups excluding carboxylic acids is 3. The molecule has 0 aliphatic carbocycles. The zero-order valence-corrected chi connectivity index (χ0v) is 78.6. The second kappa shape index (κ2) is 32.7. The second-order valence-corrected chi connectivity index (χ2v) is 37.8. The van der Waals surface area contributed by atoms with Gasteiger partial charge in [0.05, 0.1) is 149 Å². The number of aromatic amines is 12. The molecule has 12 aromatic heterocycles. The number of aliphatic hydroxyl groups is 2. The van der Waals surface area contributed by atoms with Gasteiger partial charge in [-0.1, -0.05) is 114 Å². The predicted molar refractivity (Wildman–Crippen MR) is 565 cm³/mol. The van der Waals surface area contributed by atoms with Crippen molar-refractivity contribution in [2.24, 2.45) is 0 Å². The van der Waals surface area contributed by atoms with Crippen LogP contribution in [0.3, 0.4) is 0 Å². The second-order valence-electron chi connectivity index (χ2n) is 37.8. The van der Waals surface area contributed by atoms with Crippen LogP contribution in [0.4, 0.5) is 21.9 Å². The van der Waals surface area contributed by atoms with Crippen molar-refractivity contribution in [3.05, 3.63) is 294 Å². The van der Waals surface area contributed by atoms with Gasteiger partial charge in [-0.25, -0.2) is 69.5 Å². The summed E-state index contributed by atoms with van der Waals surface area (Å²) >= 11 is 0. The zero-order chi connectivity index (χ0) is 98.3. The summed E-state index contributed by atoms with van der Waals surface area (Å²) in [4.78, 5) is 144. The third kappa shape index (κ3) is 16.1. The van der Waals surface area contributed by atoms with E-state index in [0.717, 1.165) is 201 Å². The van der Waals surface area contributed by atoms with Crippen LogP contribution in [0.5, 0.6) is 0 Å². The molecule has 14 aromatic carbocycles. The van der Waals surface area contributed by atoms with Crippen LogP contribution >= 0.6 is 0 Å². The van der Waals surface area contributed by atoms with Gasteiger partial charge < -0.3 is 80.7 Å². The molecule has 1 aliphatic rings.